The van der Waals surface area contributed by atoms with Gasteiger partial charge in [-0.3, -0.25) is 9.79 Å². The Morgan fingerprint density at radius 2 is 2.40 bits per heavy atom. The fourth-order valence-electron chi connectivity index (χ4n) is 2.21. The predicted molar refractivity (Wildman–Crippen MR) is 95.9 cm³/mol. The molecule has 2 rings (SSSR count). The van der Waals surface area contributed by atoms with E-state index in [2.05, 4.69) is 33.0 Å². The van der Waals surface area contributed by atoms with Crippen LogP contribution in [0, 0.1) is 0 Å². The fourth-order valence-corrected chi connectivity index (χ4v) is 3.38. The molecule has 0 aliphatic carbocycles. The Kier molecular flexibility index (Phi) is 6.91. The van der Waals surface area contributed by atoms with Gasteiger partial charge in [0.05, 0.1) is 12.1 Å². The van der Waals surface area contributed by atoms with Crippen LogP contribution in [0.25, 0.3) is 0 Å². The van der Waals surface area contributed by atoms with Crippen molar-refractivity contribution in [3.05, 3.63) is 28.3 Å². The number of hydrogen-bond acceptors (Lipinski definition) is 9. The zero-order chi connectivity index (χ0) is 18.4. The molecule has 1 aliphatic rings. The molecule has 0 saturated carbocycles. The van der Waals surface area contributed by atoms with Crippen LogP contribution < -0.4 is 15.8 Å². The van der Waals surface area contributed by atoms with E-state index in [0.717, 1.165) is 6.07 Å². The molecule has 2 heterocycles. The van der Waals surface area contributed by atoms with E-state index < -0.39 is 17.7 Å². The van der Waals surface area contributed by atoms with E-state index in [1.807, 2.05) is 6.92 Å². The van der Waals surface area contributed by atoms with Crippen LogP contribution in [0.15, 0.2) is 31.5 Å². The summed E-state index contributed by atoms with van der Waals surface area (Å²) in [5.74, 6) is 0.118. The first-order valence-electron chi connectivity index (χ1n) is 7.37. The summed E-state index contributed by atoms with van der Waals surface area (Å²) in [7, 11) is 0. The van der Waals surface area contributed by atoms with Gasteiger partial charge in [0.1, 0.15) is 16.8 Å². The molecule has 1 aromatic rings. The summed E-state index contributed by atoms with van der Waals surface area (Å²) in [5.41, 5.74) is -0.701. The van der Waals surface area contributed by atoms with Crippen molar-refractivity contribution in [3.8, 4) is 5.75 Å². The summed E-state index contributed by atoms with van der Waals surface area (Å²) in [4.78, 5) is 32.2. The highest BCUT2D eigenvalue weighted by Crippen LogP contribution is 2.24. The van der Waals surface area contributed by atoms with Gasteiger partial charge in [0.2, 0.25) is 5.91 Å². The van der Waals surface area contributed by atoms with Crippen molar-refractivity contribution in [1.29, 1.82) is 0 Å². The Morgan fingerprint density at radius 3 is 3.04 bits per heavy atom. The summed E-state index contributed by atoms with van der Waals surface area (Å²) in [6.45, 7) is 1.91. The van der Waals surface area contributed by atoms with Crippen molar-refractivity contribution < 1.29 is 24.6 Å². The van der Waals surface area contributed by atoms with Crippen LogP contribution in [0.2, 0.25) is 0 Å². The topological polar surface area (TPSA) is 134 Å². The number of oxime groups is 1. The Balaban J connectivity index is 2.17. The molecule has 1 aromatic heterocycles. The van der Waals surface area contributed by atoms with Gasteiger partial charge in [-0.1, -0.05) is 18.5 Å². The monoisotopic (exact) mass is 387 g/mol. The zero-order valence-electron chi connectivity index (χ0n) is 13.2. The lowest BCUT2D eigenvalue weighted by molar-refractivity contribution is -0.138. The minimum atomic E-state index is -0.701. The number of aliphatic imine (C=N–C) groups is 1. The maximum atomic E-state index is 12.4. The van der Waals surface area contributed by atoms with E-state index in [0.29, 0.717) is 23.6 Å². The highest BCUT2D eigenvalue weighted by molar-refractivity contribution is 8.20. The number of amides is 1. The van der Waals surface area contributed by atoms with Gasteiger partial charge >= 0.3 is 5.63 Å². The van der Waals surface area contributed by atoms with Gasteiger partial charge in [0, 0.05) is 11.8 Å². The molecule has 25 heavy (non-hydrogen) atoms. The second-order valence-electron chi connectivity index (χ2n) is 5.14. The van der Waals surface area contributed by atoms with Crippen LogP contribution >= 0.6 is 24.4 Å². The van der Waals surface area contributed by atoms with Gasteiger partial charge in [0.15, 0.2) is 10.8 Å². The van der Waals surface area contributed by atoms with E-state index in [1.54, 1.807) is 0 Å². The molecular formula is C14H17N3O6S2. The van der Waals surface area contributed by atoms with Crippen molar-refractivity contribution >= 4 is 40.4 Å². The van der Waals surface area contributed by atoms with Gasteiger partial charge in [-0.2, -0.15) is 0 Å². The quantitative estimate of drug-likeness (QED) is 0.140. The average Bonchev–Trinajstić information content (AvgIpc) is 3.10. The van der Waals surface area contributed by atoms with E-state index in [1.165, 1.54) is 17.8 Å². The van der Waals surface area contributed by atoms with Gasteiger partial charge in [0.25, 0.3) is 0 Å². The Hall–Kier alpha value is -1.98. The lowest BCUT2D eigenvalue weighted by atomic mass is 10.1. The number of nitrogens with one attached hydrogen (secondary N) is 1. The highest BCUT2D eigenvalue weighted by atomic mass is 32.2. The van der Waals surface area contributed by atoms with Gasteiger partial charge in [-0.25, -0.2) is 10.1 Å². The number of rotatable bonds is 7. The molecule has 2 atom stereocenters. The molecule has 0 saturated heterocycles. The first-order valence-corrected chi connectivity index (χ1v) is 8.80. The third kappa shape index (κ3) is 5.00. The molecule has 0 spiro atoms. The largest absolute Gasteiger partial charge is 0.425 e. The van der Waals surface area contributed by atoms with Crippen LogP contribution in [-0.2, 0) is 4.79 Å². The molecule has 0 radical (unpaired) electrons. The predicted octanol–water partition coefficient (Wildman–Crippen LogP) is 1.68. The number of carbonyl (C=O) groups excluding carboxylic acids is 1. The van der Waals surface area contributed by atoms with Gasteiger partial charge in [-0.15, -0.1) is 24.4 Å². The number of nitrogens with zero attached hydrogens (tertiary/aromatic N) is 2. The summed E-state index contributed by atoms with van der Waals surface area (Å²) in [6, 6.07) is 1.07. The first-order chi connectivity index (χ1) is 12.0. The standard InChI is InChI=1S/C14H17N3O6S2/c1-2-3-8(10-4-7(23-21)5-11(18)22-10)15-12(19)9-6-25-14(16-9)13(24)17-20/h4-5,8-9,20-21H,2-3,6H2,1H3,(H,15,19)(H,17,24). The van der Waals surface area contributed by atoms with Crippen molar-refractivity contribution in [2.24, 2.45) is 10.1 Å². The fraction of sp³-hybridized carbons (Fsp3) is 0.429. The molecule has 11 heteroatoms. The molecule has 1 aliphatic heterocycles. The van der Waals surface area contributed by atoms with Crippen LogP contribution in [0.1, 0.15) is 31.6 Å². The number of thioether (sulfide) groups is 1. The Bertz CT molecular complexity index is 748. The molecule has 9 nitrogen and oxygen atoms in total. The third-order valence-electron chi connectivity index (χ3n) is 3.35. The molecule has 0 fully saturated rings. The minimum Gasteiger partial charge on any atom is -0.425 e. The maximum Gasteiger partial charge on any atom is 0.339 e. The molecular weight excluding hydrogens is 370 g/mol. The van der Waals surface area contributed by atoms with Gasteiger partial charge in [-0.05, 0) is 6.42 Å². The SMILES string of the molecule is CCCC(NC(=O)C1CSC(/C(S)=N/O)=N1)c1cc(OO)cc(=O)o1. The van der Waals surface area contributed by atoms with Crippen LogP contribution in [-0.4, -0.2) is 38.3 Å². The maximum absolute atomic E-state index is 12.4. The third-order valence-corrected chi connectivity index (χ3v) is 4.85. The number of carbonyl (C=O) groups is 1. The van der Waals surface area contributed by atoms with Crippen molar-refractivity contribution in [2.75, 3.05) is 5.75 Å². The van der Waals surface area contributed by atoms with E-state index in [-0.39, 0.29) is 22.5 Å². The Morgan fingerprint density at radius 1 is 1.64 bits per heavy atom. The summed E-state index contributed by atoms with van der Waals surface area (Å²) in [5, 5.41) is 23.6. The summed E-state index contributed by atoms with van der Waals surface area (Å²) < 4.78 is 5.11. The van der Waals surface area contributed by atoms with Crippen molar-refractivity contribution in [2.45, 2.75) is 31.8 Å². The van der Waals surface area contributed by atoms with Crippen LogP contribution in [0.4, 0.5) is 0 Å². The normalized spacial score (nSPS) is 18.6. The summed E-state index contributed by atoms with van der Waals surface area (Å²) in [6.07, 6.45) is 1.22. The van der Waals surface area contributed by atoms with Gasteiger partial charge < -0.3 is 19.8 Å². The molecule has 2 unspecified atom stereocenters. The highest BCUT2D eigenvalue weighted by Gasteiger charge is 2.29. The van der Waals surface area contributed by atoms with E-state index >= 15 is 0 Å². The Labute approximate surface area is 152 Å². The second-order valence-corrected chi connectivity index (χ2v) is 6.57. The summed E-state index contributed by atoms with van der Waals surface area (Å²) >= 11 is 5.21. The molecule has 136 valence electrons. The molecule has 0 bridgehead atoms. The van der Waals surface area contributed by atoms with Crippen LogP contribution in [0.3, 0.4) is 0 Å². The smallest absolute Gasteiger partial charge is 0.339 e. The van der Waals surface area contributed by atoms with E-state index in [9.17, 15) is 9.59 Å². The molecule has 1 amide bonds. The second kappa shape index (κ2) is 8.92. The average molecular weight is 387 g/mol. The number of hydrogen-bond donors (Lipinski definition) is 4. The zero-order valence-corrected chi connectivity index (χ0v) is 14.9. The lowest BCUT2D eigenvalue weighted by Crippen LogP contribution is -2.37. The minimum absolute atomic E-state index is 0.0456. The first kappa shape index (κ1) is 19.3. The molecule has 0 aromatic carbocycles. The number of thiol groups is 1. The van der Waals surface area contributed by atoms with E-state index in [4.69, 9.17) is 14.9 Å². The van der Waals surface area contributed by atoms with Crippen molar-refractivity contribution in [1.82, 2.24) is 5.32 Å². The van der Waals surface area contributed by atoms with Crippen LogP contribution in [0.5, 0.6) is 5.75 Å². The molecule has 3 N–H and O–H groups in total. The van der Waals surface area contributed by atoms with Crippen molar-refractivity contribution in [3.63, 3.8) is 0 Å². The lowest BCUT2D eigenvalue weighted by Gasteiger charge is -2.18.